The summed E-state index contributed by atoms with van der Waals surface area (Å²) < 4.78 is 40.8. The van der Waals surface area contributed by atoms with Crippen LogP contribution in [0, 0.1) is 17.0 Å². The highest BCUT2D eigenvalue weighted by Crippen LogP contribution is 2.47. The molecule has 2 aromatic carbocycles. The number of piperazine rings is 1. The van der Waals surface area contributed by atoms with Crippen LogP contribution in [-0.4, -0.2) is 97.6 Å². The average Bonchev–Trinajstić information content (AvgIpc) is 2.97. The maximum Gasteiger partial charge on any atom is 0.246 e. The first-order valence-electron chi connectivity index (χ1n) is 14.1. The predicted octanol–water partition coefficient (Wildman–Crippen LogP) is 4.61. The number of morpholine rings is 1. The second-order valence-corrected chi connectivity index (χ2v) is 11.1. The number of hydrogen-bond acceptors (Lipinski definition) is 6. The summed E-state index contributed by atoms with van der Waals surface area (Å²) in [5.41, 5.74) is 1.54. The summed E-state index contributed by atoms with van der Waals surface area (Å²) in [6.45, 7) is 11.7. The van der Waals surface area contributed by atoms with Crippen LogP contribution < -0.4 is 10.1 Å². The highest BCUT2D eigenvalue weighted by atomic mass is 35.5. The fourth-order valence-corrected chi connectivity index (χ4v) is 6.07. The van der Waals surface area contributed by atoms with Gasteiger partial charge in [0.2, 0.25) is 5.91 Å². The normalized spacial score (nSPS) is 21.1. The van der Waals surface area contributed by atoms with Crippen LogP contribution in [0.4, 0.5) is 14.5 Å². The Kier molecular flexibility index (Phi) is 9.11. The van der Waals surface area contributed by atoms with Crippen molar-refractivity contribution in [3.63, 3.8) is 0 Å². The maximum absolute atomic E-state index is 15.0. The highest BCUT2D eigenvalue weighted by Gasteiger charge is 2.33. The summed E-state index contributed by atoms with van der Waals surface area (Å²) >= 11 is 6.80. The molecule has 0 bridgehead atoms. The average molecular weight is 588 g/mol. The van der Waals surface area contributed by atoms with Gasteiger partial charge in [-0.25, -0.2) is 8.78 Å². The van der Waals surface area contributed by atoms with Crippen molar-refractivity contribution in [2.75, 3.05) is 64.3 Å². The van der Waals surface area contributed by atoms with Gasteiger partial charge in [0.05, 0.1) is 30.5 Å². The van der Waals surface area contributed by atoms with Crippen molar-refractivity contribution in [2.24, 2.45) is 0 Å². The minimum atomic E-state index is -0.744. The number of amidine groups is 1. The molecule has 1 amide bonds. The molecular weight excluding hydrogens is 552 g/mol. The van der Waals surface area contributed by atoms with E-state index in [4.69, 9.17) is 26.5 Å². The summed E-state index contributed by atoms with van der Waals surface area (Å²) in [7, 11) is 0. The number of carbonyl (C=O) groups is 1. The van der Waals surface area contributed by atoms with E-state index in [0.717, 1.165) is 51.8 Å². The molecule has 2 fully saturated rings. The second-order valence-electron chi connectivity index (χ2n) is 10.7. The molecule has 2 N–H and O–H groups in total. The summed E-state index contributed by atoms with van der Waals surface area (Å²) in [4.78, 5) is 18.1. The molecule has 220 valence electrons. The van der Waals surface area contributed by atoms with Crippen LogP contribution in [0.1, 0.15) is 25.3 Å². The third-order valence-electron chi connectivity index (χ3n) is 7.99. The molecule has 3 aliphatic heterocycles. The molecule has 0 aliphatic carbocycles. The number of amides is 1. The largest absolute Gasteiger partial charge is 0.486 e. The number of benzene rings is 2. The van der Waals surface area contributed by atoms with Gasteiger partial charge in [-0.3, -0.25) is 15.1 Å². The molecule has 3 heterocycles. The molecule has 2 atom stereocenters. The molecule has 8 nitrogen and oxygen atoms in total. The van der Waals surface area contributed by atoms with Crippen molar-refractivity contribution >= 4 is 29.0 Å². The number of anilines is 1. The number of carbonyl (C=O) groups excluding carboxylic acids is 1. The van der Waals surface area contributed by atoms with Crippen LogP contribution in [-0.2, 0) is 9.53 Å². The third kappa shape index (κ3) is 6.34. The van der Waals surface area contributed by atoms with Crippen LogP contribution in [0.15, 0.2) is 36.9 Å². The van der Waals surface area contributed by atoms with Gasteiger partial charge in [-0.05, 0) is 50.6 Å². The molecule has 11 heteroatoms. The van der Waals surface area contributed by atoms with Gasteiger partial charge in [-0.2, -0.15) is 0 Å². The lowest BCUT2D eigenvalue weighted by Gasteiger charge is -2.41. The summed E-state index contributed by atoms with van der Waals surface area (Å²) in [5.74, 6) is -0.971. The van der Waals surface area contributed by atoms with Gasteiger partial charge in [-0.15, -0.1) is 0 Å². The van der Waals surface area contributed by atoms with Crippen molar-refractivity contribution < 1.29 is 23.0 Å². The van der Waals surface area contributed by atoms with Crippen LogP contribution in [0.3, 0.4) is 0 Å². The fourth-order valence-electron chi connectivity index (χ4n) is 5.78. The monoisotopic (exact) mass is 587 g/mol. The smallest absolute Gasteiger partial charge is 0.246 e. The van der Waals surface area contributed by atoms with E-state index in [0.29, 0.717) is 48.7 Å². The Hall–Kier alpha value is -3.21. The minimum absolute atomic E-state index is 0.124. The number of rotatable bonds is 7. The molecule has 0 radical (unpaired) electrons. The second kappa shape index (κ2) is 12.8. The summed E-state index contributed by atoms with van der Waals surface area (Å²) in [5, 5.41) is 12.8. The number of ether oxygens (including phenoxy) is 2. The van der Waals surface area contributed by atoms with Crippen LogP contribution >= 0.6 is 11.6 Å². The standard InChI is InChI=1S/C30H36ClF2N5O3/c1-3-26(39)37-9-10-38(19(2)18-37)30(34)23-16-24(31)27(22-7-6-20(32)15-25(22)33)29-28(23)35-17-21(41-29)5-4-8-36-11-13-40-14-12-36/h3,6-7,15-16,19,21,34-35H,1,4-5,8-14,17-18H2,2H3/t19-,21?/m0/s1. The van der Waals surface area contributed by atoms with Gasteiger partial charge in [0.15, 0.2) is 5.75 Å². The lowest BCUT2D eigenvalue weighted by atomic mass is 9.96. The lowest BCUT2D eigenvalue weighted by Crippen LogP contribution is -2.55. The molecule has 5 rings (SSSR count). The molecule has 0 saturated carbocycles. The topological polar surface area (TPSA) is 81.1 Å². The quantitative estimate of drug-likeness (QED) is 0.280. The molecular formula is C30H36ClF2N5O3. The lowest BCUT2D eigenvalue weighted by molar-refractivity contribution is -0.128. The van der Waals surface area contributed by atoms with Gasteiger partial charge >= 0.3 is 0 Å². The molecule has 2 aromatic rings. The van der Waals surface area contributed by atoms with E-state index >= 15 is 4.39 Å². The van der Waals surface area contributed by atoms with Crippen molar-refractivity contribution in [3.8, 4) is 16.9 Å². The Labute approximate surface area is 244 Å². The van der Waals surface area contributed by atoms with Gasteiger partial charge in [-0.1, -0.05) is 18.2 Å². The first-order valence-corrected chi connectivity index (χ1v) is 14.4. The van der Waals surface area contributed by atoms with Gasteiger partial charge in [0.25, 0.3) is 0 Å². The van der Waals surface area contributed by atoms with Gasteiger partial charge in [0.1, 0.15) is 23.6 Å². The molecule has 1 unspecified atom stereocenters. The SMILES string of the molecule is C=CC(=O)N1CCN(C(=N)c2cc(Cl)c(-c3ccc(F)cc3F)c3c2NCC(CCCN2CCOCC2)O3)[C@@H](C)C1. The zero-order valence-corrected chi connectivity index (χ0v) is 24.0. The molecule has 0 aromatic heterocycles. The van der Waals surface area contributed by atoms with Gasteiger partial charge < -0.3 is 24.6 Å². The molecule has 2 saturated heterocycles. The zero-order chi connectivity index (χ0) is 29.1. The molecule has 0 spiro atoms. The molecule has 41 heavy (non-hydrogen) atoms. The van der Waals surface area contributed by atoms with E-state index in [1.165, 1.54) is 18.2 Å². The van der Waals surface area contributed by atoms with Crippen molar-refractivity contribution in [1.82, 2.24) is 14.7 Å². The Morgan fingerprint density at radius 1 is 1.22 bits per heavy atom. The summed E-state index contributed by atoms with van der Waals surface area (Å²) in [6, 6.07) is 4.90. The Morgan fingerprint density at radius 2 is 2.00 bits per heavy atom. The Bertz CT molecular complexity index is 1320. The van der Waals surface area contributed by atoms with E-state index in [2.05, 4.69) is 16.8 Å². The fraction of sp³-hybridized carbons (Fsp3) is 0.467. The van der Waals surface area contributed by atoms with E-state index in [1.807, 2.05) is 11.8 Å². The first kappa shape index (κ1) is 29.3. The number of hydrogen-bond donors (Lipinski definition) is 2. The third-order valence-corrected chi connectivity index (χ3v) is 8.28. The highest BCUT2D eigenvalue weighted by molar-refractivity contribution is 6.34. The number of nitrogens with one attached hydrogen (secondary N) is 2. The van der Waals surface area contributed by atoms with E-state index in [9.17, 15) is 9.18 Å². The Balaban J connectivity index is 1.44. The van der Waals surface area contributed by atoms with E-state index in [-0.39, 0.29) is 34.5 Å². The van der Waals surface area contributed by atoms with Crippen LogP contribution in [0.2, 0.25) is 5.02 Å². The van der Waals surface area contributed by atoms with Crippen molar-refractivity contribution in [1.29, 1.82) is 5.41 Å². The number of fused-ring (bicyclic) bond motifs is 1. The van der Waals surface area contributed by atoms with Crippen LogP contribution in [0.25, 0.3) is 11.1 Å². The summed E-state index contributed by atoms with van der Waals surface area (Å²) in [6.07, 6.45) is 2.79. The van der Waals surface area contributed by atoms with Crippen molar-refractivity contribution in [3.05, 3.63) is 59.1 Å². The molecule has 3 aliphatic rings. The van der Waals surface area contributed by atoms with Crippen molar-refractivity contribution in [2.45, 2.75) is 31.9 Å². The Morgan fingerprint density at radius 3 is 2.71 bits per heavy atom. The minimum Gasteiger partial charge on any atom is -0.486 e. The van der Waals surface area contributed by atoms with Crippen LogP contribution in [0.5, 0.6) is 5.75 Å². The number of halogens is 3. The first-order chi connectivity index (χ1) is 19.8. The maximum atomic E-state index is 15.0. The number of nitrogens with zero attached hydrogens (tertiary/aromatic N) is 3. The zero-order valence-electron chi connectivity index (χ0n) is 23.2. The van der Waals surface area contributed by atoms with Gasteiger partial charge in [0, 0.05) is 61.5 Å². The van der Waals surface area contributed by atoms with E-state index < -0.39 is 11.6 Å². The predicted molar refractivity (Wildman–Crippen MR) is 156 cm³/mol. The van der Waals surface area contributed by atoms with E-state index in [1.54, 1.807) is 11.0 Å².